The van der Waals surface area contributed by atoms with Gasteiger partial charge >= 0.3 is 0 Å². The zero-order chi connectivity index (χ0) is 24.6. The highest BCUT2D eigenvalue weighted by Crippen LogP contribution is 2.35. The SMILES string of the molecule is CS(=O)(=O)c1ccc(-c2ccc(-c3cc4cc(C[C@H]5CC[C@H](CO)CC5)[nH]c4cc3Cl)cc2)cc1. The molecule has 3 aromatic carbocycles. The largest absolute Gasteiger partial charge is 0.396 e. The van der Waals surface area contributed by atoms with E-state index in [2.05, 4.69) is 29.2 Å². The average molecular weight is 508 g/mol. The van der Waals surface area contributed by atoms with E-state index in [4.69, 9.17) is 11.6 Å². The van der Waals surface area contributed by atoms with Gasteiger partial charge in [0.15, 0.2) is 9.84 Å². The van der Waals surface area contributed by atoms with Gasteiger partial charge in [0, 0.05) is 35.0 Å². The number of benzene rings is 3. The summed E-state index contributed by atoms with van der Waals surface area (Å²) in [5.41, 5.74) is 6.32. The number of hydrogen-bond acceptors (Lipinski definition) is 3. The van der Waals surface area contributed by atoms with E-state index in [1.165, 1.54) is 24.8 Å². The fourth-order valence-corrected chi connectivity index (χ4v) is 6.11. The van der Waals surface area contributed by atoms with Crippen LogP contribution in [0.1, 0.15) is 31.4 Å². The molecule has 2 N–H and O–H groups in total. The first-order valence-electron chi connectivity index (χ1n) is 12.1. The van der Waals surface area contributed by atoms with Gasteiger partial charge in [0.2, 0.25) is 0 Å². The molecule has 4 nitrogen and oxygen atoms in total. The van der Waals surface area contributed by atoms with Crippen LogP contribution in [0.2, 0.25) is 5.02 Å². The van der Waals surface area contributed by atoms with Gasteiger partial charge in [-0.2, -0.15) is 0 Å². The maximum atomic E-state index is 11.7. The lowest BCUT2D eigenvalue weighted by Crippen LogP contribution is -2.18. The van der Waals surface area contributed by atoms with Gasteiger partial charge in [-0.05, 0) is 91.0 Å². The Bertz CT molecular complexity index is 1430. The van der Waals surface area contributed by atoms with Crippen LogP contribution >= 0.6 is 11.6 Å². The molecular weight excluding hydrogens is 478 g/mol. The molecule has 0 atom stereocenters. The van der Waals surface area contributed by atoms with Crippen molar-refractivity contribution in [3.63, 3.8) is 0 Å². The van der Waals surface area contributed by atoms with Crippen molar-refractivity contribution < 1.29 is 13.5 Å². The molecule has 1 saturated carbocycles. The summed E-state index contributed by atoms with van der Waals surface area (Å²) < 4.78 is 23.4. The van der Waals surface area contributed by atoms with Crippen molar-refractivity contribution in [3.8, 4) is 22.3 Å². The van der Waals surface area contributed by atoms with Gasteiger partial charge in [-0.15, -0.1) is 0 Å². The van der Waals surface area contributed by atoms with Crippen molar-refractivity contribution in [2.24, 2.45) is 11.8 Å². The quantitative estimate of drug-likeness (QED) is 0.298. The van der Waals surface area contributed by atoms with E-state index < -0.39 is 9.84 Å². The maximum absolute atomic E-state index is 11.7. The molecule has 1 fully saturated rings. The Kier molecular flexibility index (Phi) is 6.75. The topological polar surface area (TPSA) is 70.2 Å². The zero-order valence-corrected chi connectivity index (χ0v) is 21.4. The van der Waals surface area contributed by atoms with Crippen molar-refractivity contribution >= 4 is 32.3 Å². The highest BCUT2D eigenvalue weighted by Gasteiger charge is 2.21. The molecule has 0 aliphatic heterocycles. The smallest absolute Gasteiger partial charge is 0.175 e. The highest BCUT2D eigenvalue weighted by atomic mass is 35.5. The molecule has 4 aromatic rings. The molecule has 5 rings (SSSR count). The average Bonchev–Trinajstić information content (AvgIpc) is 3.24. The van der Waals surface area contributed by atoms with Crippen molar-refractivity contribution in [3.05, 3.63) is 77.4 Å². The van der Waals surface area contributed by atoms with Crippen LogP contribution in [0.25, 0.3) is 33.2 Å². The van der Waals surface area contributed by atoms with Crippen LogP contribution in [0.5, 0.6) is 0 Å². The molecule has 0 unspecified atom stereocenters. The summed E-state index contributed by atoms with van der Waals surface area (Å²) >= 11 is 6.69. The van der Waals surface area contributed by atoms with Crippen molar-refractivity contribution in [2.45, 2.75) is 37.0 Å². The van der Waals surface area contributed by atoms with Gasteiger partial charge in [0.05, 0.1) is 9.92 Å². The second kappa shape index (κ2) is 9.81. The van der Waals surface area contributed by atoms with Gasteiger partial charge in [-0.25, -0.2) is 8.42 Å². The third-order valence-corrected chi connectivity index (χ3v) is 8.75. The van der Waals surface area contributed by atoms with Crippen LogP contribution in [0.15, 0.2) is 71.6 Å². The molecule has 0 saturated heterocycles. The molecule has 182 valence electrons. The Morgan fingerprint density at radius 1 is 0.857 bits per heavy atom. The summed E-state index contributed by atoms with van der Waals surface area (Å²) in [7, 11) is -3.20. The molecule has 0 bridgehead atoms. The number of sulfone groups is 1. The number of H-pyrrole nitrogens is 1. The zero-order valence-electron chi connectivity index (χ0n) is 19.8. The number of fused-ring (bicyclic) bond motifs is 1. The molecular formula is C29H30ClNO3S. The monoisotopic (exact) mass is 507 g/mol. The van der Waals surface area contributed by atoms with Crippen LogP contribution in [-0.4, -0.2) is 31.4 Å². The van der Waals surface area contributed by atoms with Gasteiger partial charge in [0.25, 0.3) is 0 Å². The number of hydrogen-bond donors (Lipinski definition) is 2. The predicted octanol–water partition coefficient (Wildman–Crippen LogP) is 6.90. The third-order valence-electron chi connectivity index (χ3n) is 7.31. The molecule has 6 heteroatoms. The fraction of sp³-hybridized carbons (Fsp3) is 0.310. The Hall–Kier alpha value is -2.60. The normalized spacial score (nSPS) is 18.7. The lowest BCUT2D eigenvalue weighted by atomic mass is 9.80. The summed E-state index contributed by atoms with van der Waals surface area (Å²) in [6, 6.07) is 21.5. The number of halogens is 1. The van der Waals surface area contributed by atoms with Gasteiger partial charge in [-0.1, -0.05) is 48.0 Å². The molecule has 1 heterocycles. The van der Waals surface area contributed by atoms with Crippen molar-refractivity contribution in [1.82, 2.24) is 4.98 Å². The van der Waals surface area contributed by atoms with Crippen molar-refractivity contribution in [2.75, 3.05) is 12.9 Å². The first-order valence-corrected chi connectivity index (χ1v) is 14.4. The summed E-state index contributed by atoms with van der Waals surface area (Å²) in [5.74, 6) is 1.15. The first kappa shape index (κ1) is 24.1. The van der Waals surface area contributed by atoms with Crippen LogP contribution in [0, 0.1) is 11.8 Å². The fourth-order valence-electron chi connectivity index (χ4n) is 5.21. The van der Waals surface area contributed by atoms with E-state index in [1.807, 2.05) is 30.3 Å². The highest BCUT2D eigenvalue weighted by molar-refractivity contribution is 7.90. The number of rotatable bonds is 6. The maximum Gasteiger partial charge on any atom is 0.175 e. The number of aliphatic hydroxyl groups is 1. The van der Waals surface area contributed by atoms with E-state index in [0.29, 0.717) is 28.4 Å². The molecule has 0 spiro atoms. The van der Waals surface area contributed by atoms with E-state index in [0.717, 1.165) is 52.4 Å². The molecule has 1 aromatic heterocycles. The number of aliphatic hydroxyl groups excluding tert-OH is 1. The molecule has 1 aliphatic carbocycles. The number of aromatic amines is 1. The molecule has 1 aliphatic rings. The van der Waals surface area contributed by atoms with Crippen LogP contribution in [-0.2, 0) is 16.3 Å². The van der Waals surface area contributed by atoms with Gasteiger partial charge in [-0.3, -0.25) is 0 Å². The van der Waals surface area contributed by atoms with E-state index in [9.17, 15) is 13.5 Å². The second-order valence-corrected chi connectivity index (χ2v) is 12.3. The number of nitrogens with one attached hydrogen (secondary N) is 1. The van der Waals surface area contributed by atoms with Crippen LogP contribution < -0.4 is 0 Å². The van der Waals surface area contributed by atoms with Gasteiger partial charge in [0.1, 0.15) is 0 Å². The summed E-state index contributed by atoms with van der Waals surface area (Å²) in [4.78, 5) is 3.88. The number of aromatic nitrogens is 1. The van der Waals surface area contributed by atoms with E-state index >= 15 is 0 Å². The predicted molar refractivity (Wildman–Crippen MR) is 144 cm³/mol. The lowest BCUT2D eigenvalue weighted by Gasteiger charge is -2.26. The molecule has 35 heavy (non-hydrogen) atoms. The summed E-state index contributed by atoms with van der Waals surface area (Å²) in [5, 5.41) is 11.2. The first-order chi connectivity index (χ1) is 16.8. The Labute approximate surface area is 211 Å². The van der Waals surface area contributed by atoms with Crippen molar-refractivity contribution in [1.29, 1.82) is 0 Å². The Morgan fingerprint density at radius 3 is 2.03 bits per heavy atom. The third kappa shape index (κ3) is 5.32. The van der Waals surface area contributed by atoms with E-state index in [1.54, 1.807) is 12.1 Å². The second-order valence-electron chi connectivity index (χ2n) is 9.86. The molecule has 0 amide bonds. The summed E-state index contributed by atoms with van der Waals surface area (Å²) in [6.07, 6.45) is 6.84. The summed E-state index contributed by atoms with van der Waals surface area (Å²) in [6.45, 7) is 0.316. The van der Waals surface area contributed by atoms with Crippen LogP contribution in [0.3, 0.4) is 0 Å². The van der Waals surface area contributed by atoms with E-state index in [-0.39, 0.29) is 0 Å². The lowest BCUT2D eigenvalue weighted by molar-refractivity contribution is 0.167. The Morgan fingerprint density at radius 2 is 1.43 bits per heavy atom. The minimum atomic E-state index is -3.20. The van der Waals surface area contributed by atoms with Crippen LogP contribution in [0.4, 0.5) is 0 Å². The minimum Gasteiger partial charge on any atom is -0.396 e. The standard InChI is InChI=1S/C29H30ClNO3S/c1-35(33,34)26-12-10-22(11-13-26)21-6-8-23(9-7-21)27-16-24-15-25(31-29(24)17-28(27)30)14-19-2-4-20(18-32)5-3-19/h6-13,15-17,19-20,31-32H,2-5,14,18H2,1H3/t19-,20-. The molecule has 0 radical (unpaired) electrons. The Balaban J connectivity index is 1.35. The van der Waals surface area contributed by atoms with Gasteiger partial charge < -0.3 is 10.1 Å². The minimum absolute atomic E-state index is 0.316.